The van der Waals surface area contributed by atoms with E-state index in [2.05, 4.69) is 46.1 Å². The van der Waals surface area contributed by atoms with Crippen LogP contribution in [-0.4, -0.2) is 35.2 Å². The molecule has 0 spiro atoms. The molecule has 3 rings (SSSR count). The molecule has 0 fully saturated rings. The normalized spacial score (nSPS) is 12.8. The number of hydrogen-bond donors (Lipinski definition) is 1. The first kappa shape index (κ1) is 16.8. The van der Waals surface area contributed by atoms with E-state index in [4.69, 9.17) is 0 Å². The van der Waals surface area contributed by atoms with E-state index in [1.54, 1.807) is 53.4 Å². The Hall–Kier alpha value is -3.03. The van der Waals surface area contributed by atoms with Gasteiger partial charge in [0.1, 0.15) is 11.9 Å². The van der Waals surface area contributed by atoms with Crippen molar-refractivity contribution in [3.63, 3.8) is 0 Å². The highest BCUT2D eigenvalue weighted by Crippen LogP contribution is 2.25. The molecule has 0 radical (unpaired) electrons. The molecule has 0 unspecified atom stereocenters. The average molecular weight is 339 g/mol. The summed E-state index contributed by atoms with van der Waals surface area (Å²) in [6, 6.07) is 3.19. The van der Waals surface area contributed by atoms with Crippen LogP contribution in [-0.2, 0) is 10.2 Å². The number of carbonyl (C=O) groups excluding carboxylic acids is 1. The van der Waals surface area contributed by atoms with Crippen molar-refractivity contribution in [1.29, 1.82) is 0 Å². The Labute approximate surface area is 145 Å². The standard InChI is InChI=1S/C17H21N7O/c1-12(23-9-8-18-11-23)15(25)21-14-10-13(17(2,3)4)22-24(14)16-19-6-5-7-20-16/h5-12H,1-4H3,(H,21,25)/t12-/m1/s1. The fraction of sp³-hybridized carbons (Fsp3) is 0.353. The topological polar surface area (TPSA) is 90.5 Å². The summed E-state index contributed by atoms with van der Waals surface area (Å²) in [5.74, 6) is 0.771. The molecule has 0 saturated carbocycles. The number of carbonyl (C=O) groups is 1. The molecule has 0 bridgehead atoms. The van der Waals surface area contributed by atoms with E-state index in [1.807, 2.05) is 6.07 Å². The molecule has 8 heteroatoms. The van der Waals surface area contributed by atoms with Crippen molar-refractivity contribution < 1.29 is 4.79 Å². The maximum Gasteiger partial charge on any atom is 0.252 e. The summed E-state index contributed by atoms with van der Waals surface area (Å²) in [5.41, 5.74) is 0.667. The van der Waals surface area contributed by atoms with Gasteiger partial charge >= 0.3 is 0 Å². The monoisotopic (exact) mass is 339 g/mol. The fourth-order valence-electron chi connectivity index (χ4n) is 2.25. The highest BCUT2D eigenvalue weighted by atomic mass is 16.2. The summed E-state index contributed by atoms with van der Waals surface area (Å²) >= 11 is 0. The molecule has 0 aromatic carbocycles. The summed E-state index contributed by atoms with van der Waals surface area (Å²) in [7, 11) is 0. The van der Waals surface area contributed by atoms with Crippen LogP contribution in [0, 0.1) is 0 Å². The van der Waals surface area contributed by atoms with Crippen LogP contribution in [0.15, 0.2) is 43.2 Å². The first-order chi connectivity index (χ1) is 11.9. The number of anilines is 1. The number of hydrogen-bond acceptors (Lipinski definition) is 5. The van der Waals surface area contributed by atoms with Crippen molar-refractivity contribution in [3.05, 3.63) is 48.9 Å². The minimum absolute atomic E-state index is 0.171. The van der Waals surface area contributed by atoms with Crippen molar-refractivity contribution in [1.82, 2.24) is 29.3 Å². The van der Waals surface area contributed by atoms with Gasteiger partial charge in [-0.15, -0.1) is 0 Å². The summed E-state index contributed by atoms with van der Waals surface area (Å²) < 4.78 is 3.29. The summed E-state index contributed by atoms with van der Waals surface area (Å²) in [5, 5.41) is 7.51. The highest BCUT2D eigenvalue weighted by Gasteiger charge is 2.23. The number of nitrogens with one attached hydrogen (secondary N) is 1. The van der Waals surface area contributed by atoms with Crippen LogP contribution in [0.1, 0.15) is 39.4 Å². The number of imidazole rings is 1. The number of rotatable bonds is 4. The lowest BCUT2D eigenvalue weighted by molar-refractivity contribution is -0.118. The summed E-state index contributed by atoms with van der Waals surface area (Å²) in [4.78, 5) is 25.1. The van der Waals surface area contributed by atoms with Gasteiger partial charge in [-0.2, -0.15) is 9.78 Å². The lowest BCUT2D eigenvalue weighted by atomic mass is 9.92. The zero-order valence-corrected chi connectivity index (χ0v) is 14.7. The van der Waals surface area contributed by atoms with Crippen LogP contribution in [0.5, 0.6) is 0 Å². The van der Waals surface area contributed by atoms with Crippen molar-refractivity contribution in [2.75, 3.05) is 5.32 Å². The van der Waals surface area contributed by atoms with Crippen molar-refractivity contribution in [2.24, 2.45) is 0 Å². The van der Waals surface area contributed by atoms with Gasteiger partial charge in [0.05, 0.1) is 12.0 Å². The Balaban J connectivity index is 1.94. The average Bonchev–Trinajstić information content (AvgIpc) is 3.24. The first-order valence-corrected chi connectivity index (χ1v) is 8.02. The van der Waals surface area contributed by atoms with Crippen LogP contribution in [0.4, 0.5) is 5.82 Å². The minimum Gasteiger partial charge on any atom is -0.325 e. The fourth-order valence-corrected chi connectivity index (χ4v) is 2.25. The molecule has 130 valence electrons. The SMILES string of the molecule is C[C@H](C(=O)Nc1cc(C(C)(C)C)nn1-c1ncccn1)n1ccnc1. The van der Waals surface area contributed by atoms with E-state index < -0.39 is 6.04 Å². The third-order valence-corrected chi connectivity index (χ3v) is 3.82. The van der Waals surface area contributed by atoms with E-state index in [0.29, 0.717) is 11.8 Å². The largest absolute Gasteiger partial charge is 0.325 e. The predicted molar refractivity (Wildman–Crippen MR) is 93.4 cm³/mol. The molecule has 1 N–H and O–H groups in total. The molecule has 0 aliphatic carbocycles. The van der Waals surface area contributed by atoms with Crippen molar-refractivity contribution in [2.45, 2.75) is 39.2 Å². The summed E-state index contributed by atoms with van der Waals surface area (Å²) in [6.45, 7) is 7.99. The number of aromatic nitrogens is 6. The van der Waals surface area contributed by atoms with Gasteiger partial charge in [-0.1, -0.05) is 20.8 Å². The maximum absolute atomic E-state index is 12.6. The van der Waals surface area contributed by atoms with Crippen LogP contribution >= 0.6 is 0 Å². The zero-order valence-electron chi connectivity index (χ0n) is 14.7. The van der Waals surface area contributed by atoms with Crippen molar-refractivity contribution >= 4 is 11.7 Å². The lowest BCUT2D eigenvalue weighted by Gasteiger charge is -2.14. The van der Waals surface area contributed by atoms with E-state index in [9.17, 15) is 4.79 Å². The molecule has 1 atom stereocenters. The Kier molecular flexibility index (Phi) is 4.35. The summed E-state index contributed by atoms with van der Waals surface area (Å²) in [6.07, 6.45) is 8.29. The Morgan fingerprint density at radius 1 is 1.20 bits per heavy atom. The molecule has 8 nitrogen and oxygen atoms in total. The molecule has 0 aliphatic rings. The van der Waals surface area contributed by atoms with Crippen LogP contribution in [0.3, 0.4) is 0 Å². The van der Waals surface area contributed by atoms with Gasteiger partial charge in [-0.25, -0.2) is 15.0 Å². The molecule has 3 aromatic heterocycles. The first-order valence-electron chi connectivity index (χ1n) is 8.02. The quantitative estimate of drug-likeness (QED) is 0.788. The van der Waals surface area contributed by atoms with Gasteiger partial charge in [-0.3, -0.25) is 4.79 Å². The number of amides is 1. The third-order valence-electron chi connectivity index (χ3n) is 3.82. The maximum atomic E-state index is 12.6. The van der Waals surface area contributed by atoms with E-state index in [0.717, 1.165) is 5.69 Å². The smallest absolute Gasteiger partial charge is 0.252 e. The van der Waals surface area contributed by atoms with E-state index in [-0.39, 0.29) is 11.3 Å². The van der Waals surface area contributed by atoms with E-state index in [1.165, 1.54) is 0 Å². The second-order valence-corrected chi connectivity index (χ2v) is 6.80. The minimum atomic E-state index is -0.402. The second-order valence-electron chi connectivity index (χ2n) is 6.80. The van der Waals surface area contributed by atoms with Gasteiger partial charge < -0.3 is 9.88 Å². The van der Waals surface area contributed by atoms with Gasteiger partial charge in [0.2, 0.25) is 5.91 Å². The number of nitrogens with zero attached hydrogens (tertiary/aromatic N) is 6. The van der Waals surface area contributed by atoms with Crippen LogP contribution in [0.25, 0.3) is 5.95 Å². The predicted octanol–water partition coefficient (Wildman–Crippen LogP) is 2.36. The van der Waals surface area contributed by atoms with Gasteiger partial charge in [0.15, 0.2) is 0 Å². The molecule has 25 heavy (non-hydrogen) atoms. The highest BCUT2D eigenvalue weighted by molar-refractivity contribution is 5.93. The Morgan fingerprint density at radius 3 is 2.52 bits per heavy atom. The van der Waals surface area contributed by atoms with Gasteiger partial charge in [0, 0.05) is 36.3 Å². The van der Waals surface area contributed by atoms with E-state index >= 15 is 0 Å². The molecule has 0 saturated heterocycles. The Morgan fingerprint density at radius 2 is 1.92 bits per heavy atom. The zero-order chi connectivity index (χ0) is 18.0. The molecular weight excluding hydrogens is 318 g/mol. The molecule has 3 heterocycles. The molecule has 3 aromatic rings. The van der Waals surface area contributed by atoms with Crippen LogP contribution < -0.4 is 5.32 Å². The molecular formula is C17H21N7O. The molecule has 1 amide bonds. The van der Waals surface area contributed by atoms with Crippen LogP contribution in [0.2, 0.25) is 0 Å². The molecule has 0 aliphatic heterocycles. The van der Waals surface area contributed by atoms with Gasteiger partial charge in [0.25, 0.3) is 5.95 Å². The van der Waals surface area contributed by atoms with Crippen molar-refractivity contribution in [3.8, 4) is 5.95 Å². The lowest BCUT2D eigenvalue weighted by Crippen LogP contribution is -2.24. The van der Waals surface area contributed by atoms with Gasteiger partial charge in [-0.05, 0) is 13.0 Å². The third kappa shape index (κ3) is 3.57. The Bertz CT molecular complexity index is 847. The second kappa shape index (κ2) is 6.46.